The normalized spacial score (nSPS) is 14.3. The van der Waals surface area contributed by atoms with Crippen LogP contribution in [0.4, 0.5) is 10.5 Å². The zero-order chi connectivity index (χ0) is 32.1. The predicted molar refractivity (Wildman–Crippen MR) is 162 cm³/mol. The third-order valence-electron chi connectivity index (χ3n) is 6.70. The number of benzene rings is 2. The molecule has 2 aromatic heterocycles. The Morgan fingerprint density at radius 1 is 0.891 bits per heavy atom. The van der Waals surface area contributed by atoms with Gasteiger partial charge in [-0.3, -0.25) is 24.7 Å². The van der Waals surface area contributed by atoms with Gasteiger partial charge in [0.25, 0.3) is 17.4 Å². The molecule has 2 aromatic carbocycles. The van der Waals surface area contributed by atoms with E-state index in [0.717, 1.165) is 9.47 Å². The minimum Gasteiger partial charge on any atom is -0.860 e. The molecule has 0 unspecified atom stereocenters. The maximum absolute atomic E-state index is 13.4. The van der Waals surface area contributed by atoms with E-state index in [2.05, 4.69) is 15.3 Å². The number of ether oxygens (including phenoxy) is 2. The average Bonchev–Trinajstić information content (AvgIpc) is 3.03. The number of allylic oxidation sites excluding steroid dienone is 4. The van der Waals surface area contributed by atoms with Crippen LogP contribution in [-0.4, -0.2) is 46.6 Å². The second-order valence-electron chi connectivity index (χ2n) is 9.39. The predicted octanol–water partition coefficient (Wildman–Crippen LogP) is -0.678. The van der Waals surface area contributed by atoms with Crippen molar-refractivity contribution in [2.24, 2.45) is 0 Å². The molecule has 13 nitrogen and oxygen atoms in total. The number of hydrogen-bond acceptors (Lipinski definition) is 9. The number of methoxy groups -OCH3 is 2. The molecule has 14 heteroatoms. The van der Waals surface area contributed by atoms with E-state index in [4.69, 9.17) is 9.47 Å². The summed E-state index contributed by atoms with van der Waals surface area (Å²) in [5.41, 5.74) is -1.25. The smallest absolute Gasteiger partial charge is 0.860 e. The van der Waals surface area contributed by atoms with Gasteiger partial charge in [0.2, 0.25) is 0 Å². The summed E-state index contributed by atoms with van der Waals surface area (Å²) >= 11 is 0. The van der Waals surface area contributed by atoms with Gasteiger partial charge in [-0.25, -0.2) is 19.1 Å². The van der Waals surface area contributed by atoms with Gasteiger partial charge in [0.1, 0.15) is 17.1 Å². The molecule has 0 atom stereocenters. The molecule has 1 saturated heterocycles. The van der Waals surface area contributed by atoms with Crippen molar-refractivity contribution in [3.05, 3.63) is 129 Å². The SMILES string of the molecule is COc1cccc(N2C(=O)NC(=O)C(=CC=C(C=Cc3c([O-])[nH]c(=O)n(-c4cccc(OC)c4)c3=O)c3ccncc3)C2=O)c1.[K+]. The van der Waals surface area contributed by atoms with Crippen LogP contribution in [0.25, 0.3) is 17.3 Å². The number of rotatable bonds is 8. The summed E-state index contributed by atoms with van der Waals surface area (Å²) in [5.74, 6) is -1.92. The molecule has 4 aromatic rings. The molecule has 0 bridgehead atoms. The van der Waals surface area contributed by atoms with Gasteiger partial charge >= 0.3 is 63.1 Å². The van der Waals surface area contributed by atoms with Gasteiger partial charge in [-0.15, -0.1) is 0 Å². The van der Waals surface area contributed by atoms with E-state index in [1.54, 1.807) is 36.4 Å². The van der Waals surface area contributed by atoms with E-state index in [9.17, 15) is 29.1 Å². The van der Waals surface area contributed by atoms with E-state index >= 15 is 0 Å². The Balaban J connectivity index is 0.00000480. The van der Waals surface area contributed by atoms with Gasteiger partial charge in [0.05, 0.1) is 25.6 Å². The van der Waals surface area contributed by atoms with Crippen molar-refractivity contribution >= 4 is 35.2 Å². The molecule has 0 saturated carbocycles. The number of carbonyl (C=O) groups is 3. The van der Waals surface area contributed by atoms with Crippen LogP contribution in [-0.2, 0) is 9.59 Å². The maximum atomic E-state index is 13.4. The molecule has 46 heavy (non-hydrogen) atoms. The van der Waals surface area contributed by atoms with Crippen molar-refractivity contribution in [1.82, 2.24) is 19.9 Å². The molecule has 0 aliphatic carbocycles. The van der Waals surface area contributed by atoms with Crippen molar-refractivity contribution < 1.29 is 80.3 Å². The molecule has 3 heterocycles. The fourth-order valence-corrected chi connectivity index (χ4v) is 4.46. The van der Waals surface area contributed by atoms with Gasteiger partial charge in [-0.2, -0.15) is 0 Å². The Labute approximate surface area is 303 Å². The van der Waals surface area contributed by atoms with Crippen LogP contribution in [0.1, 0.15) is 11.1 Å². The van der Waals surface area contributed by atoms with Crippen LogP contribution in [0.15, 0.2) is 106 Å². The summed E-state index contributed by atoms with van der Waals surface area (Å²) in [5, 5.41) is 14.9. The first-order chi connectivity index (χ1) is 21.7. The molecule has 5 rings (SSSR count). The van der Waals surface area contributed by atoms with Crippen LogP contribution >= 0.6 is 0 Å². The Morgan fingerprint density at radius 2 is 1.52 bits per heavy atom. The first-order valence-electron chi connectivity index (χ1n) is 13.3. The number of amides is 4. The number of hydrogen-bond donors (Lipinski definition) is 2. The topological polar surface area (TPSA) is 176 Å². The van der Waals surface area contributed by atoms with E-state index in [1.165, 1.54) is 75.2 Å². The second-order valence-corrected chi connectivity index (χ2v) is 9.39. The van der Waals surface area contributed by atoms with Crippen molar-refractivity contribution in [3.8, 4) is 23.1 Å². The van der Waals surface area contributed by atoms with Crippen LogP contribution in [0.5, 0.6) is 17.4 Å². The second kappa shape index (κ2) is 14.9. The number of anilines is 1. The van der Waals surface area contributed by atoms with Crippen molar-refractivity contribution in [1.29, 1.82) is 0 Å². The third-order valence-corrected chi connectivity index (χ3v) is 6.70. The zero-order valence-corrected chi connectivity index (χ0v) is 28.0. The fourth-order valence-electron chi connectivity index (χ4n) is 4.46. The largest absolute Gasteiger partial charge is 1.00 e. The first-order valence-corrected chi connectivity index (χ1v) is 13.3. The van der Waals surface area contributed by atoms with Crippen molar-refractivity contribution in [3.63, 3.8) is 0 Å². The van der Waals surface area contributed by atoms with Crippen LogP contribution in [0.2, 0.25) is 0 Å². The van der Waals surface area contributed by atoms with Gasteiger partial charge in [0.15, 0.2) is 0 Å². The van der Waals surface area contributed by atoms with Gasteiger partial charge in [-0.05, 0) is 65.6 Å². The number of pyridine rings is 1. The minimum absolute atomic E-state index is 0. The molecule has 1 aliphatic rings. The number of aromatic nitrogens is 3. The standard InChI is InChI=1S/C32H25N5O8.K/c1-44-23-7-3-5-21(17-23)36-29(40)25(27(38)34-31(36)42)11-9-19(20-13-15-33-16-14-20)10-12-26-28(39)35-32(43)37(30(26)41)22-6-4-8-24(18-22)45-2;/h3-18,38H,1-2H3,(H,34,42)(H,35,39,43);/q;+1/p-1. The summed E-state index contributed by atoms with van der Waals surface area (Å²) in [6.45, 7) is 0. The van der Waals surface area contributed by atoms with Crippen LogP contribution < -0.4 is 87.4 Å². The van der Waals surface area contributed by atoms with E-state index in [0.29, 0.717) is 22.6 Å². The number of imide groups is 2. The fraction of sp³-hybridized carbons (Fsp3) is 0.0625. The molecule has 1 fully saturated rings. The summed E-state index contributed by atoms with van der Waals surface area (Å²) < 4.78 is 11.2. The molecular formula is C32H24KN5O8. The number of nitrogens with zero attached hydrogens (tertiary/aromatic N) is 3. The molecule has 1 aliphatic heterocycles. The van der Waals surface area contributed by atoms with E-state index in [1.807, 2.05) is 0 Å². The molecule has 0 radical (unpaired) electrons. The monoisotopic (exact) mass is 645 g/mol. The summed E-state index contributed by atoms with van der Waals surface area (Å²) in [7, 11) is 2.87. The molecule has 226 valence electrons. The Hall–Kier alpha value is -4.86. The Kier molecular flexibility index (Phi) is 11.1. The summed E-state index contributed by atoms with van der Waals surface area (Å²) in [4.78, 5) is 71.6. The average molecular weight is 646 g/mol. The van der Waals surface area contributed by atoms with Crippen LogP contribution in [0, 0.1) is 0 Å². The van der Waals surface area contributed by atoms with Crippen LogP contribution in [0.3, 0.4) is 0 Å². The quantitative estimate of drug-likeness (QED) is 0.109. The number of nitrogens with one attached hydrogen (secondary N) is 2. The summed E-state index contributed by atoms with van der Waals surface area (Å²) in [6, 6.07) is 14.7. The minimum atomic E-state index is -0.929. The number of H-pyrrole nitrogens is 1. The molecular weight excluding hydrogens is 621 g/mol. The number of aromatic amines is 1. The van der Waals surface area contributed by atoms with Gasteiger partial charge in [-0.1, -0.05) is 24.3 Å². The molecule has 0 spiro atoms. The maximum Gasteiger partial charge on any atom is 1.00 e. The third kappa shape index (κ3) is 7.16. The number of urea groups is 1. The Morgan fingerprint density at radius 3 is 2.17 bits per heavy atom. The first kappa shape index (κ1) is 34.0. The van der Waals surface area contributed by atoms with Gasteiger partial charge in [0, 0.05) is 30.1 Å². The van der Waals surface area contributed by atoms with Crippen molar-refractivity contribution in [2.45, 2.75) is 0 Å². The van der Waals surface area contributed by atoms with E-state index in [-0.39, 0.29) is 73.9 Å². The number of barbiturate groups is 1. The Bertz CT molecular complexity index is 2030. The molecule has 2 N–H and O–H groups in total. The zero-order valence-electron chi connectivity index (χ0n) is 24.8. The van der Waals surface area contributed by atoms with Gasteiger partial charge < -0.3 is 19.6 Å². The number of carbonyl (C=O) groups excluding carboxylic acids is 3. The van der Waals surface area contributed by atoms with Crippen molar-refractivity contribution in [2.75, 3.05) is 19.1 Å². The molecule has 4 amide bonds. The van der Waals surface area contributed by atoms with E-state index < -0.39 is 35.0 Å². The summed E-state index contributed by atoms with van der Waals surface area (Å²) in [6.07, 6.45) is 8.26.